The van der Waals surface area contributed by atoms with Crippen molar-refractivity contribution in [3.63, 3.8) is 0 Å². The fourth-order valence-electron chi connectivity index (χ4n) is 1.65. The molecule has 0 saturated carbocycles. The number of alkyl halides is 1. The molecule has 1 aromatic rings. The maximum Gasteiger partial charge on any atom is 0.0649 e. The molecule has 0 aliphatic heterocycles. The normalized spacial score (nSPS) is 9.62. The van der Waals surface area contributed by atoms with Crippen LogP contribution in [0.4, 0.5) is 0 Å². The van der Waals surface area contributed by atoms with E-state index < -0.39 is 0 Å². The fraction of sp³-hybridized carbons (Fsp3) is 0.467. The largest absolute Gasteiger partial charge is 0.0863 e. The van der Waals surface area contributed by atoms with Crippen LogP contribution in [0.1, 0.15) is 43.7 Å². The first kappa shape index (κ1) is 13.3. The molecule has 0 amide bonds. The Hall–Kier alpha value is -0.740. The van der Waals surface area contributed by atoms with Gasteiger partial charge in [0.05, 0.1) is 5.33 Å². The van der Waals surface area contributed by atoms with Crippen LogP contribution in [0.25, 0.3) is 0 Å². The summed E-state index contributed by atoms with van der Waals surface area (Å²) in [5, 5.41) is 0.742. The SMILES string of the molecule is CCCCCCc1ccc(C#CCBr)cc1. The molecule has 0 atom stereocenters. The van der Waals surface area contributed by atoms with E-state index >= 15 is 0 Å². The number of aryl methyl sites for hydroxylation is 1. The first-order valence-corrected chi connectivity index (χ1v) is 7.12. The molecular weight excluding hydrogens is 260 g/mol. The van der Waals surface area contributed by atoms with Crippen molar-refractivity contribution in [2.45, 2.75) is 39.0 Å². The number of halogens is 1. The number of hydrogen-bond acceptors (Lipinski definition) is 0. The maximum atomic E-state index is 3.30. The Balaban J connectivity index is 2.39. The average Bonchev–Trinajstić information content (AvgIpc) is 2.33. The predicted octanol–water partition coefficient (Wildman–Crippen LogP) is 4.56. The third kappa shape index (κ3) is 5.37. The van der Waals surface area contributed by atoms with E-state index in [1.807, 2.05) is 0 Å². The zero-order valence-corrected chi connectivity index (χ0v) is 11.5. The van der Waals surface area contributed by atoms with Crippen molar-refractivity contribution in [2.24, 2.45) is 0 Å². The summed E-state index contributed by atoms with van der Waals surface area (Å²) in [6.07, 6.45) is 6.52. The standard InChI is InChI=1S/C15H19Br/c1-2-3-4-5-7-14-9-11-15(12-10-14)8-6-13-16/h9-12H,2-5,7,13H2,1H3. The molecule has 1 heteroatoms. The highest BCUT2D eigenvalue weighted by molar-refractivity contribution is 9.09. The van der Waals surface area contributed by atoms with E-state index in [1.54, 1.807) is 0 Å². The molecule has 0 nitrogen and oxygen atoms in total. The minimum Gasteiger partial charge on any atom is -0.0863 e. The van der Waals surface area contributed by atoms with E-state index in [0.717, 1.165) is 10.9 Å². The highest BCUT2D eigenvalue weighted by Crippen LogP contribution is 2.09. The van der Waals surface area contributed by atoms with Gasteiger partial charge in [-0.1, -0.05) is 66.1 Å². The van der Waals surface area contributed by atoms with Gasteiger partial charge in [-0.25, -0.2) is 0 Å². The number of rotatable bonds is 5. The predicted molar refractivity (Wildman–Crippen MR) is 75.0 cm³/mol. The van der Waals surface area contributed by atoms with Gasteiger partial charge in [0.15, 0.2) is 0 Å². The second kappa shape index (κ2) is 8.42. The first-order chi connectivity index (χ1) is 7.86. The third-order valence-corrected chi connectivity index (χ3v) is 2.85. The van der Waals surface area contributed by atoms with Gasteiger partial charge in [-0.2, -0.15) is 0 Å². The monoisotopic (exact) mass is 278 g/mol. The van der Waals surface area contributed by atoms with E-state index in [4.69, 9.17) is 0 Å². The Labute approximate surface area is 108 Å². The summed E-state index contributed by atoms with van der Waals surface area (Å²) in [7, 11) is 0. The van der Waals surface area contributed by atoms with Crippen molar-refractivity contribution in [1.82, 2.24) is 0 Å². The van der Waals surface area contributed by atoms with Gasteiger partial charge in [-0.3, -0.25) is 0 Å². The van der Waals surface area contributed by atoms with Crippen LogP contribution in [0.5, 0.6) is 0 Å². The summed E-state index contributed by atoms with van der Waals surface area (Å²) in [4.78, 5) is 0. The number of unbranched alkanes of at least 4 members (excludes halogenated alkanes) is 3. The van der Waals surface area contributed by atoms with E-state index in [-0.39, 0.29) is 0 Å². The van der Waals surface area contributed by atoms with Crippen molar-refractivity contribution in [2.75, 3.05) is 5.33 Å². The van der Waals surface area contributed by atoms with Gasteiger partial charge in [-0.15, -0.1) is 0 Å². The molecule has 0 radical (unpaired) electrons. The highest BCUT2D eigenvalue weighted by Gasteiger charge is 1.93. The van der Waals surface area contributed by atoms with Crippen molar-refractivity contribution >= 4 is 15.9 Å². The average molecular weight is 279 g/mol. The zero-order valence-electron chi connectivity index (χ0n) is 9.93. The summed E-state index contributed by atoms with van der Waals surface area (Å²) >= 11 is 3.30. The van der Waals surface area contributed by atoms with Gasteiger partial charge in [0, 0.05) is 5.56 Å². The van der Waals surface area contributed by atoms with Crippen LogP contribution in [0.3, 0.4) is 0 Å². The van der Waals surface area contributed by atoms with Gasteiger partial charge in [0.25, 0.3) is 0 Å². The molecule has 0 fully saturated rings. The van der Waals surface area contributed by atoms with Gasteiger partial charge in [0.1, 0.15) is 0 Å². The first-order valence-electron chi connectivity index (χ1n) is 6.00. The Kier molecular flexibility index (Phi) is 7.01. The third-order valence-electron chi connectivity index (χ3n) is 2.57. The van der Waals surface area contributed by atoms with Gasteiger partial charge in [0.2, 0.25) is 0 Å². The van der Waals surface area contributed by atoms with Crippen molar-refractivity contribution < 1.29 is 0 Å². The van der Waals surface area contributed by atoms with Gasteiger partial charge < -0.3 is 0 Å². The maximum absolute atomic E-state index is 3.30. The molecule has 0 unspecified atom stereocenters. The Morgan fingerprint density at radius 2 is 1.81 bits per heavy atom. The molecular formula is C15H19Br. The number of hydrogen-bond donors (Lipinski definition) is 0. The molecule has 0 bridgehead atoms. The van der Waals surface area contributed by atoms with Crippen LogP contribution in [0.15, 0.2) is 24.3 Å². The van der Waals surface area contributed by atoms with Crippen molar-refractivity contribution in [3.05, 3.63) is 35.4 Å². The van der Waals surface area contributed by atoms with Crippen LogP contribution in [0, 0.1) is 11.8 Å². The Morgan fingerprint density at radius 1 is 1.06 bits per heavy atom. The Morgan fingerprint density at radius 3 is 2.44 bits per heavy atom. The fourth-order valence-corrected chi connectivity index (χ4v) is 1.79. The quantitative estimate of drug-likeness (QED) is 0.421. The lowest BCUT2D eigenvalue weighted by Gasteiger charge is -2.01. The van der Waals surface area contributed by atoms with Crippen LogP contribution in [-0.2, 0) is 6.42 Å². The van der Waals surface area contributed by atoms with Crippen molar-refractivity contribution in [1.29, 1.82) is 0 Å². The second-order valence-electron chi connectivity index (χ2n) is 3.94. The molecule has 0 aromatic heterocycles. The molecule has 0 spiro atoms. The van der Waals surface area contributed by atoms with E-state index in [0.29, 0.717) is 0 Å². The topological polar surface area (TPSA) is 0 Å². The number of benzene rings is 1. The van der Waals surface area contributed by atoms with Crippen molar-refractivity contribution in [3.8, 4) is 11.8 Å². The molecule has 0 heterocycles. The molecule has 0 aliphatic rings. The second-order valence-corrected chi connectivity index (χ2v) is 4.50. The zero-order chi connectivity index (χ0) is 11.6. The van der Waals surface area contributed by atoms with Gasteiger partial charge >= 0.3 is 0 Å². The molecule has 1 aromatic carbocycles. The minimum atomic E-state index is 0.742. The highest BCUT2D eigenvalue weighted by atomic mass is 79.9. The molecule has 86 valence electrons. The molecule has 0 aliphatic carbocycles. The van der Waals surface area contributed by atoms with Crippen LogP contribution in [-0.4, -0.2) is 5.33 Å². The smallest absolute Gasteiger partial charge is 0.0649 e. The lowest BCUT2D eigenvalue weighted by atomic mass is 10.0. The lowest BCUT2D eigenvalue weighted by molar-refractivity contribution is 0.667. The summed E-state index contributed by atoms with van der Waals surface area (Å²) in [5.41, 5.74) is 2.54. The van der Waals surface area contributed by atoms with E-state index in [2.05, 4.69) is 59.0 Å². The van der Waals surface area contributed by atoms with Gasteiger partial charge in [-0.05, 0) is 30.5 Å². The van der Waals surface area contributed by atoms with Crippen LogP contribution in [0.2, 0.25) is 0 Å². The molecule has 0 N–H and O–H groups in total. The molecule has 1 rings (SSSR count). The molecule has 0 saturated heterocycles. The summed E-state index contributed by atoms with van der Waals surface area (Å²) < 4.78 is 0. The minimum absolute atomic E-state index is 0.742. The molecule has 16 heavy (non-hydrogen) atoms. The summed E-state index contributed by atoms with van der Waals surface area (Å²) in [6.45, 7) is 2.25. The van der Waals surface area contributed by atoms with E-state index in [1.165, 1.54) is 37.7 Å². The lowest BCUT2D eigenvalue weighted by Crippen LogP contribution is -1.86. The Bertz CT molecular complexity index is 340. The summed E-state index contributed by atoms with van der Waals surface area (Å²) in [5.74, 6) is 6.11. The van der Waals surface area contributed by atoms with Crippen LogP contribution >= 0.6 is 15.9 Å². The van der Waals surface area contributed by atoms with E-state index in [9.17, 15) is 0 Å². The van der Waals surface area contributed by atoms with Crippen LogP contribution < -0.4 is 0 Å². The summed E-state index contributed by atoms with van der Waals surface area (Å²) in [6, 6.07) is 8.63.